The molecule has 2 unspecified atom stereocenters. The van der Waals surface area contributed by atoms with Crippen LogP contribution in [-0.4, -0.2) is 65.2 Å². The normalized spacial score (nSPS) is 21.1. The monoisotopic (exact) mass is 752 g/mol. The van der Waals surface area contributed by atoms with E-state index in [0.717, 1.165) is 23.0 Å². The van der Waals surface area contributed by atoms with Gasteiger partial charge in [0.1, 0.15) is 24.0 Å². The van der Waals surface area contributed by atoms with Crippen molar-refractivity contribution < 1.29 is 59.4 Å². The molecule has 4 amide bonds. The molecule has 0 saturated carbocycles. The molecule has 4 atom stereocenters. The molecule has 284 valence electrons. The molecule has 2 aliphatic rings. The zero-order chi connectivity index (χ0) is 39.0. The highest BCUT2D eigenvalue weighted by molar-refractivity contribution is 6.06. The summed E-state index contributed by atoms with van der Waals surface area (Å²) in [5.74, 6) is -3.94. The van der Waals surface area contributed by atoms with Gasteiger partial charge in [0.05, 0.1) is 37.0 Å². The van der Waals surface area contributed by atoms with Crippen LogP contribution in [0.1, 0.15) is 65.2 Å². The van der Waals surface area contributed by atoms with Gasteiger partial charge in [-0.05, 0) is 66.4 Å². The Morgan fingerprint density at radius 2 is 1.58 bits per heavy atom. The van der Waals surface area contributed by atoms with Crippen LogP contribution in [0, 0.1) is 18.7 Å². The molecule has 2 saturated heterocycles. The molecule has 0 aromatic heterocycles. The molecular formula is C36H35F7N4O6. The largest absolute Gasteiger partial charge is 0.468 e. The van der Waals surface area contributed by atoms with Crippen molar-refractivity contribution in [3.05, 3.63) is 106 Å². The number of urea groups is 1. The average molecular weight is 753 g/mol. The fourth-order valence-electron chi connectivity index (χ4n) is 6.73. The highest BCUT2D eigenvalue weighted by Crippen LogP contribution is 2.46. The zero-order valence-electron chi connectivity index (χ0n) is 28.8. The summed E-state index contributed by atoms with van der Waals surface area (Å²) in [4.78, 5) is 57.3. The van der Waals surface area contributed by atoms with E-state index in [1.807, 2.05) is 0 Å². The summed E-state index contributed by atoms with van der Waals surface area (Å²) in [6, 6.07) is 9.99. The first-order valence-corrected chi connectivity index (χ1v) is 16.2. The predicted molar refractivity (Wildman–Crippen MR) is 173 cm³/mol. The maximum atomic E-state index is 14.3. The summed E-state index contributed by atoms with van der Waals surface area (Å²) in [5.41, 5.74) is -3.93. The van der Waals surface area contributed by atoms with Crippen LogP contribution in [0.3, 0.4) is 0 Å². The Hall–Kier alpha value is -5.19. The Bertz CT molecular complexity index is 1860. The van der Waals surface area contributed by atoms with E-state index in [1.54, 1.807) is 37.3 Å². The molecule has 17 heteroatoms. The van der Waals surface area contributed by atoms with Crippen molar-refractivity contribution in [3.8, 4) is 0 Å². The van der Waals surface area contributed by atoms with Crippen LogP contribution in [0.5, 0.6) is 0 Å². The molecule has 2 aliphatic heterocycles. The van der Waals surface area contributed by atoms with Gasteiger partial charge in [0.2, 0.25) is 5.91 Å². The lowest BCUT2D eigenvalue weighted by atomic mass is 9.86. The van der Waals surface area contributed by atoms with Gasteiger partial charge >= 0.3 is 30.4 Å². The molecule has 3 aromatic rings. The van der Waals surface area contributed by atoms with Gasteiger partial charge in [-0.2, -0.15) is 26.3 Å². The lowest BCUT2D eigenvalue weighted by Gasteiger charge is -2.49. The molecule has 0 bridgehead atoms. The van der Waals surface area contributed by atoms with Gasteiger partial charge in [-0.3, -0.25) is 14.9 Å². The second kappa shape index (κ2) is 14.7. The van der Waals surface area contributed by atoms with Crippen molar-refractivity contribution in [2.45, 2.75) is 63.4 Å². The van der Waals surface area contributed by atoms with Gasteiger partial charge in [-0.1, -0.05) is 36.4 Å². The average Bonchev–Trinajstić information content (AvgIpc) is 3.39. The van der Waals surface area contributed by atoms with Crippen LogP contribution >= 0.6 is 0 Å². The number of carbonyl (C=O) groups is 4. The first-order chi connectivity index (χ1) is 24.8. The van der Waals surface area contributed by atoms with Crippen LogP contribution in [0.4, 0.5) is 40.3 Å². The Labute approximate surface area is 299 Å². The molecular weight excluding hydrogens is 717 g/mol. The fraction of sp³-hybridized carbons (Fsp3) is 0.389. The van der Waals surface area contributed by atoms with Gasteiger partial charge in [0.15, 0.2) is 0 Å². The predicted octanol–water partition coefficient (Wildman–Crippen LogP) is 7.33. The standard InChI is InChI=1S/C36H35F7N4O6/c1-20-12-26(37)10-11-27(20)29-17-34(16-28(31(49)52-4)30(48)47(34)33(51)53-18-22-8-6-5-7-9-22)44-19-46(29)32(50)45(3)21(2)23-13-24(35(38,39)40)15-25(14-23)36(41,42)43/h5-15,21,28-29,44H,16-19H2,1-4H3/t21-,28?,29-,34?/m1/s1. The molecule has 53 heavy (non-hydrogen) atoms. The molecule has 10 nitrogen and oxygen atoms in total. The molecule has 1 spiro atoms. The minimum absolute atomic E-state index is 0.0134. The quantitative estimate of drug-likeness (QED) is 0.160. The molecule has 3 aromatic carbocycles. The SMILES string of the molecule is COC(=O)C1CC2(C[C@H](c3ccc(F)cc3C)N(C(=O)N(C)[C@H](C)c3cc(C(F)(F)F)cc(C(F)(F)F)c3)CN2)N(C(=O)OCc2ccccc2)C1=O. The number of esters is 1. The molecule has 0 radical (unpaired) electrons. The molecule has 1 N–H and O–H groups in total. The van der Waals surface area contributed by atoms with Crippen molar-refractivity contribution in [1.29, 1.82) is 0 Å². The van der Waals surface area contributed by atoms with Crippen molar-refractivity contribution >= 4 is 24.0 Å². The van der Waals surface area contributed by atoms with Crippen LogP contribution in [-0.2, 0) is 38.0 Å². The summed E-state index contributed by atoms with van der Waals surface area (Å²) in [7, 11) is 2.26. The third-order valence-corrected chi connectivity index (χ3v) is 9.66. The number of ether oxygens (including phenoxy) is 2. The molecule has 0 aliphatic carbocycles. The third-order valence-electron chi connectivity index (χ3n) is 9.66. The van der Waals surface area contributed by atoms with Crippen LogP contribution in [0.25, 0.3) is 0 Å². The maximum absolute atomic E-state index is 14.3. The second-order valence-corrected chi connectivity index (χ2v) is 13.0. The van der Waals surface area contributed by atoms with E-state index < -0.39 is 89.2 Å². The summed E-state index contributed by atoms with van der Waals surface area (Å²) < 4.78 is 107. The Morgan fingerprint density at radius 3 is 2.15 bits per heavy atom. The summed E-state index contributed by atoms with van der Waals surface area (Å²) in [5, 5.41) is 3.02. The van der Waals surface area contributed by atoms with Gasteiger partial charge in [-0.25, -0.2) is 18.9 Å². The van der Waals surface area contributed by atoms with Crippen molar-refractivity contribution in [3.63, 3.8) is 0 Å². The number of alkyl halides is 6. The summed E-state index contributed by atoms with van der Waals surface area (Å²) >= 11 is 0. The van der Waals surface area contributed by atoms with E-state index in [-0.39, 0.29) is 25.5 Å². The van der Waals surface area contributed by atoms with Gasteiger partial charge in [0, 0.05) is 19.9 Å². The number of hydrogen-bond donors (Lipinski definition) is 1. The Balaban J connectivity index is 1.52. The molecule has 2 heterocycles. The second-order valence-electron chi connectivity index (χ2n) is 13.0. The number of nitrogens with one attached hydrogen (secondary N) is 1. The van der Waals surface area contributed by atoms with Gasteiger partial charge < -0.3 is 19.3 Å². The number of aryl methyl sites for hydroxylation is 1. The fourth-order valence-corrected chi connectivity index (χ4v) is 6.73. The van der Waals surface area contributed by atoms with Crippen LogP contribution in [0.15, 0.2) is 66.7 Å². The minimum Gasteiger partial charge on any atom is -0.468 e. The smallest absolute Gasteiger partial charge is 0.418 e. The van der Waals surface area contributed by atoms with E-state index in [0.29, 0.717) is 28.8 Å². The van der Waals surface area contributed by atoms with Crippen molar-refractivity contribution in [2.75, 3.05) is 20.8 Å². The summed E-state index contributed by atoms with van der Waals surface area (Å²) in [6.45, 7) is 2.12. The lowest BCUT2D eigenvalue weighted by Crippen LogP contribution is -2.67. The van der Waals surface area contributed by atoms with E-state index in [2.05, 4.69) is 5.32 Å². The Morgan fingerprint density at radius 1 is 0.962 bits per heavy atom. The van der Waals surface area contributed by atoms with E-state index >= 15 is 0 Å². The maximum Gasteiger partial charge on any atom is 0.418 e. The van der Waals surface area contributed by atoms with Crippen LogP contribution < -0.4 is 5.32 Å². The van der Waals surface area contributed by atoms with Gasteiger partial charge in [-0.15, -0.1) is 0 Å². The highest BCUT2D eigenvalue weighted by atomic mass is 19.4. The number of amides is 4. The first kappa shape index (κ1) is 39.0. The van der Waals surface area contributed by atoms with E-state index in [9.17, 15) is 49.9 Å². The van der Waals surface area contributed by atoms with Crippen molar-refractivity contribution in [1.82, 2.24) is 20.0 Å². The molecule has 2 fully saturated rings. The molecule has 5 rings (SSSR count). The third kappa shape index (κ3) is 7.94. The number of methoxy groups -OCH3 is 1. The van der Waals surface area contributed by atoms with E-state index in [1.165, 1.54) is 31.0 Å². The number of benzene rings is 3. The Kier molecular flexibility index (Phi) is 10.8. The number of rotatable bonds is 6. The number of carbonyl (C=O) groups excluding carboxylic acids is 4. The number of halogens is 7. The van der Waals surface area contributed by atoms with Gasteiger partial charge in [0.25, 0.3) is 0 Å². The topological polar surface area (TPSA) is 108 Å². The lowest BCUT2D eigenvalue weighted by molar-refractivity contribution is -0.150. The first-order valence-electron chi connectivity index (χ1n) is 16.2. The van der Waals surface area contributed by atoms with Crippen molar-refractivity contribution in [2.24, 2.45) is 5.92 Å². The minimum atomic E-state index is -5.12. The summed E-state index contributed by atoms with van der Waals surface area (Å²) in [6.07, 6.45) is -11.9. The van der Waals surface area contributed by atoms with E-state index in [4.69, 9.17) is 9.47 Å². The zero-order valence-corrected chi connectivity index (χ0v) is 28.8. The number of nitrogens with zero attached hydrogens (tertiary/aromatic N) is 3. The number of likely N-dealkylation sites (tertiary alicyclic amines) is 1. The number of imide groups is 1. The number of hydrogen-bond acceptors (Lipinski definition) is 7. The van der Waals surface area contributed by atoms with Crippen LogP contribution in [0.2, 0.25) is 0 Å². The highest BCUT2D eigenvalue weighted by Gasteiger charge is 2.60.